The maximum absolute atomic E-state index is 5.91. The number of anilines is 1. The van der Waals surface area contributed by atoms with E-state index in [-0.39, 0.29) is 0 Å². The molecule has 0 radical (unpaired) electrons. The number of ether oxygens (including phenoxy) is 1. The number of nitrogens with zero attached hydrogens (tertiary/aromatic N) is 2. The molecular formula is C15H19N3O2. The SMILES string of the molecule is CCOC1CC(Cc2onc(N)c2-c2ccccn2)C1. The van der Waals surface area contributed by atoms with Gasteiger partial charge < -0.3 is 15.0 Å². The summed E-state index contributed by atoms with van der Waals surface area (Å²) in [4.78, 5) is 4.33. The molecule has 106 valence electrons. The average molecular weight is 273 g/mol. The lowest BCUT2D eigenvalue weighted by Gasteiger charge is -2.34. The van der Waals surface area contributed by atoms with Gasteiger partial charge in [0.05, 0.1) is 17.4 Å². The first-order valence-corrected chi connectivity index (χ1v) is 7.05. The lowest BCUT2D eigenvalue weighted by atomic mass is 9.79. The van der Waals surface area contributed by atoms with E-state index in [1.54, 1.807) is 6.20 Å². The zero-order chi connectivity index (χ0) is 13.9. The fourth-order valence-electron chi connectivity index (χ4n) is 2.74. The molecule has 1 saturated carbocycles. The van der Waals surface area contributed by atoms with Crippen molar-refractivity contribution in [3.8, 4) is 11.3 Å². The molecule has 2 aromatic rings. The summed E-state index contributed by atoms with van der Waals surface area (Å²) < 4.78 is 11.0. The van der Waals surface area contributed by atoms with Gasteiger partial charge in [0.15, 0.2) is 5.82 Å². The van der Waals surface area contributed by atoms with E-state index in [4.69, 9.17) is 15.0 Å². The van der Waals surface area contributed by atoms with Crippen LogP contribution in [0, 0.1) is 5.92 Å². The largest absolute Gasteiger partial charge is 0.380 e. The van der Waals surface area contributed by atoms with E-state index in [1.807, 2.05) is 25.1 Å². The number of aromatic nitrogens is 2. The zero-order valence-electron chi connectivity index (χ0n) is 11.6. The first-order valence-electron chi connectivity index (χ1n) is 7.05. The fraction of sp³-hybridized carbons (Fsp3) is 0.467. The van der Waals surface area contributed by atoms with E-state index in [0.717, 1.165) is 42.9 Å². The van der Waals surface area contributed by atoms with Crippen LogP contribution in [-0.2, 0) is 11.2 Å². The molecule has 1 aliphatic rings. The molecule has 2 N–H and O–H groups in total. The number of pyridine rings is 1. The van der Waals surface area contributed by atoms with Crippen molar-refractivity contribution >= 4 is 5.82 Å². The van der Waals surface area contributed by atoms with Gasteiger partial charge in [0.2, 0.25) is 0 Å². The van der Waals surface area contributed by atoms with Crippen molar-refractivity contribution in [1.29, 1.82) is 0 Å². The average Bonchev–Trinajstić information content (AvgIpc) is 2.78. The smallest absolute Gasteiger partial charge is 0.176 e. The summed E-state index contributed by atoms with van der Waals surface area (Å²) >= 11 is 0. The third-order valence-electron chi connectivity index (χ3n) is 3.78. The standard InChI is InChI=1S/C15H19N3O2/c1-2-19-11-7-10(8-11)9-13-14(15(16)18-20-13)12-5-3-4-6-17-12/h3-6,10-11H,2,7-9H2,1H3,(H2,16,18). The number of rotatable bonds is 5. The monoisotopic (exact) mass is 273 g/mol. The Hall–Kier alpha value is -1.88. The summed E-state index contributed by atoms with van der Waals surface area (Å²) in [7, 11) is 0. The molecule has 0 amide bonds. The van der Waals surface area contributed by atoms with Crippen molar-refractivity contribution in [2.24, 2.45) is 5.92 Å². The summed E-state index contributed by atoms with van der Waals surface area (Å²) in [6.45, 7) is 2.81. The molecule has 0 aliphatic heterocycles. The van der Waals surface area contributed by atoms with E-state index in [1.165, 1.54) is 0 Å². The minimum atomic E-state index is 0.406. The van der Waals surface area contributed by atoms with Gasteiger partial charge in [0.25, 0.3) is 0 Å². The molecule has 2 heterocycles. The van der Waals surface area contributed by atoms with Crippen LogP contribution in [0.25, 0.3) is 11.3 Å². The van der Waals surface area contributed by atoms with Crippen LogP contribution in [0.1, 0.15) is 25.5 Å². The van der Waals surface area contributed by atoms with Crippen LogP contribution in [-0.4, -0.2) is 22.9 Å². The van der Waals surface area contributed by atoms with Gasteiger partial charge in [-0.2, -0.15) is 0 Å². The van der Waals surface area contributed by atoms with Gasteiger partial charge in [-0.1, -0.05) is 11.2 Å². The van der Waals surface area contributed by atoms with Crippen LogP contribution in [0.4, 0.5) is 5.82 Å². The molecule has 0 atom stereocenters. The highest BCUT2D eigenvalue weighted by atomic mass is 16.5. The van der Waals surface area contributed by atoms with Crippen LogP contribution in [0.15, 0.2) is 28.9 Å². The Labute approximate surface area is 118 Å². The predicted octanol–water partition coefficient (Wildman–Crippen LogP) is 2.68. The topological polar surface area (TPSA) is 74.2 Å². The van der Waals surface area contributed by atoms with Crippen LogP contribution in [0.5, 0.6) is 0 Å². The van der Waals surface area contributed by atoms with Crippen LogP contribution in [0.2, 0.25) is 0 Å². The van der Waals surface area contributed by atoms with Gasteiger partial charge in [-0.3, -0.25) is 4.98 Å². The maximum atomic E-state index is 5.91. The van der Waals surface area contributed by atoms with Crippen molar-refractivity contribution in [3.63, 3.8) is 0 Å². The molecular weight excluding hydrogens is 254 g/mol. The second kappa shape index (κ2) is 5.63. The highest BCUT2D eigenvalue weighted by Gasteiger charge is 2.32. The van der Waals surface area contributed by atoms with Crippen LogP contribution < -0.4 is 5.73 Å². The lowest BCUT2D eigenvalue weighted by Crippen LogP contribution is -2.32. The number of hydrogen-bond acceptors (Lipinski definition) is 5. The third-order valence-corrected chi connectivity index (χ3v) is 3.78. The molecule has 1 fully saturated rings. The van der Waals surface area contributed by atoms with Crippen LogP contribution >= 0.6 is 0 Å². The molecule has 0 unspecified atom stereocenters. The summed E-state index contributed by atoms with van der Waals surface area (Å²) in [5.74, 6) is 1.84. The van der Waals surface area contributed by atoms with E-state index in [2.05, 4.69) is 10.1 Å². The molecule has 1 aliphatic carbocycles. The summed E-state index contributed by atoms with van der Waals surface area (Å²) in [5, 5.41) is 3.89. The second-order valence-corrected chi connectivity index (χ2v) is 5.20. The molecule has 0 saturated heterocycles. The Morgan fingerprint density at radius 1 is 1.40 bits per heavy atom. The minimum Gasteiger partial charge on any atom is -0.380 e. The number of nitrogens with two attached hydrogens (primary N) is 1. The molecule has 2 aromatic heterocycles. The Morgan fingerprint density at radius 2 is 2.25 bits per heavy atom. The van der Waals surface area contributed by atoms with E-state index >= 15 is 0 Å². The van der Waals surface area contributed by atoms with E-state index < -0.39 is 0 Å². The van der Waals surface area contributed by atoms with Gasteiger partial charge in [0, 0.05) is 19.2 Å². The summed E-state index contributed by atoms with van der Waals surface area (Å²) in [6, 6.07) is 5.74. The van der Waals surface area contributed by atoms with Gasteiger partial charge in [-0.15, -0.1) is 0 Å². The Kier molecular flexibility index (Phi) is 3.69. The Balaban J connectivity index is 1.72. The minimum absolute atomic E-state index is 0.406. The first-order chi connectivity index (χ1) is 9.78. The normalized spacial score (nSPS) is 21.6. The predicted molar refractivity (Wildman–Crippen MR) is 76.0 cm³/mol. The molecule has 5 nitrogen and oxygen atoms in total. The molecule has 0 aromatic carbocycles. The number of nitrogen functional groups attached to an aromatic ring is 1. The van der Waals surface area contributed by atoms with Gasteiger partial charge >= 0.3 is 0 Å². The summed E-state index contributed by atoms with van der Waals surface area (Å²) in [5.41, 5.74) is 7.57. The van der Waals surface area contributed by atoms with Crippen molar-refractivity contribution in [1.82, 2.24) is 10.1 Å². The van der Waals surface area contributed by atoms with Crippen molar-refractivity contribution in [2.45, 2.75) is 32.3 Å². The van der Waals surface area contributed by atoms with Crippen LogP contribution in [0.3, 0.4) is 0 Å². The van der Waals surface area contributed by atoms with Gasteiger partial charge in [-0.25, -0.2) is 0 Å². The number of hydrogen-bond donors (Lipinski definition) is 1. The zero-order valence-corrected chi connectivity index (χ0v) is 11.6. The Bertz CT molecular complexity index is 562. The van der Waals surface area contributed by atoms with E-state index in [9.17, 15) is 0 Å². The second-order valence-electron chi connectivity index (χ2n) is 5.20. The quantitative estimate of drug-likeness (QED) is 0.906. The molecule has 3 rings (SSSR count). The first kappa shape index (κ1) is 13.1. The molecule has 5 heteroatoms. The summed E-state index contributed by atoms with van der Waals surface area (Å²) in [6.07, 6.45) is 5.16. The maximum Gasteiger partial charge on any atom is 0.176 e. The Morgan fingerprint density at radius 3 is 2.95 bits per heavy atom. The van der Waals surface area contributed by atoms with Crippen molar-refractivity contribution in [2.75, 3.05) is 12.3 Å². The van der Waals surface area contributed by atoms with E-state index in [0.29, 0.717) is 17.8 Å². The molecule has 0 bridgehead atoms. The fourth-order valence-corrected chi connectivity index (χ4v) is 2.74. The molecule has 0 spiro atoms. The highest BCUT2D eigenvalue weighted by Crippen LogP contribution is 2.36. The van der Waals surface area contributed by atoms with Gasteiger partial charge in [-0.05, 0) is 37.8 Å². The van der Waals surface area contributed by atoms with Gasteiger partial charge in [0.1, 0.15) is 5.76 Å². The van der Waals surface area contributed by atoms with Crippen molar-refractivity contribution < 1.29 is 9.26 Å². The third kappa shape index (κ3) is 2.54. The highest BCUT2D eigenvalue weighted by molar-refractivity contribution is 5.72. The van der Waals surface area contributed by atoms with Crippen molar-refractivity contribution in [3.05, 3.63) is 30.2 Å². The molecule has 20 heavy (non-hydrogen) atoms. The lowest BCUT2D eigenvalue weighted by molar-refractivity contribution is -0.0254.